The highest BCUT2D eigenvalue weighted by Crippen LogP contribution is 2.26. The Labute approximate surface area is 191 Å². The molecule has 9 heteroatoms. The second-order valence-electron chi connectivity index (χ2n) is 8.60. The van der Waals surface area contributed by atoms with Gasteiger partial charge in [-0.25, -0.2) is 16.8 Å². The summed E-state index contributed by atoms with van der Waals surface area (Å²) in [5.74, 6) is 0. The van der Waals surface area contributed by atoms with Crippen molar-refractivity contribution < 1.29 is 16.8 Å². The van der Waals surface area contributed by atoms with Crippen LogP contribution in [0.15, 0.2) is 64.4 Å². The maximum absolute atomic E-state index is 13.1. The van der Waals surface area contributed by atoms with Crippen molar-refractivity contribution in [3.05, 3.63) is 60.2 Å². The maximum atomic E-state index is 13.1. The molecule has 0 saturated carbocycles. The lowest BCUT2D eigenvalue weighted by molar-refractivity contribution is 0.181. The monoisotopic (exact) mass is 477 g/mol. The van der Waals surface area contributed by atoms with Crippen molar-refractivity contribution in [2.45, 2.75) is 48.6 Å². The maximum Gasteiger partial charge on any atom is 0.243 e. The second kappa shape index (κ2) is 9.61. The largest absolute Gasteiger partial charge is 0.296 e. The molecular formula is C23H31N3O4S2. The second-order valence-corrected chi connectivity index (χ2v) is 12.4. The van der Waals surface area contributed by atoms with Gasteiger partial charge in [0, 0.05) is 45.3 Å². The Balaban J connectivity index is 1.42. The number of piperazine rings is 1. The summed E-state index contributed by atoms with van der Waals surface area (Å²) in [5, 5.41) is 0. The SMILES string of the molecule is C[C@H]1CCCCN1S(=O)(=O)c1ccc(S(=O)(=O)N2CCN(Cc3ccccc3)CC2)cc1. The minimum atomic E-state index is -3.66. The molecule has 32 heavy (non-hydrogen) atoms. The van der Waals surface area contributed by atoms with Gasteiger partial charge in [-0.1, -0.05) is 36.8 Å². The van der Waals surface area contributed by atoms with Crippen molar-refractivity contribution in [1.82, 2.24) is 13.5 Å². The molecule has 0 aromatic heterocycles. The first-order valence-electron chi connectivity index (χ1n) is 11.2. The number of hydrogen-bond donors (Lipinski definition) is 0. The average Bonchev–Trinajstić information content (AvgIpc) is 2.80. The van der Waals surface area contributed by atoms with Crippen molar-refractivity contribution in [3.63, 3.8) is 0 Å². The third-order valence-corrected chi connectivity index (χ3v) is 10.3. The topological polar surface area (TPSA) is 78.0 Å². The van der Waals surface area contributed by atoms with Crippen LogP contribution < -0.4 is 0 Å². The lowest BCUT2D eigenvalue weighted by atomic mass is 10.1. The van der Waals surface area contributed by atoms with E-state index in [-0.39, 0.29) is 15.8 Å². The molecule has 0 aliphatic carbocycles. The van der Waals surface area contributed by atoms with Gasteiger partial charge >= 0.3 is 0 Å². The van der Waals surface area contributed by atoms with E-state index < -0.39 is 20.0 Å². The lowest BCUT2D eigenvalue weighted by Crippen LogP contribution is -2.48. The summed E-state index contributed by atoms with van der Waals surface area (Å²) in [5.41, 5.74) is 1.21. The third-order valence-electron chi connectivity index (χ3n) is 6.39. The van der Waals surface area contributed by atoms with Crippen LogP contribution in [-0.4, -0.2) is 69.1 Å². The fraction of sp³-hybridized carbons (Fsp3) is 0.478. The molecule has 0 bridgehead atoms. The van der Waals surface area contributed by atoms with Gasteiger partial charge in [-0.3, -0.25) is 4.90 Å². The van der Waals surface area contributed by atoms with Crippen molar-refractivity contribution in [2.75, 3.05) is 32.7 Å². The fourth-order valence-corrected chi connectivity index (χ4v) is 7.59. The van der Waals surface area contributed by atoms with Gasteiger partial charge in [-0.2, -0.15) is 8.61 Å². The summed E-state index contributed by atoms with van der Waals surface area (Å²) in [7, 11) is -7.28. The zero-order valence-corrected chi connectivity index (χ0v) is 20.1. The lowest BCUT2D eigenvalue weighted by Gasteiger charge is -2.34. The molecule has 4 rings (SSSR count). The van der Waals surface area contributed by atoms with Crippen LogP contribution in [0.1, 0.15) is 31.7 Å². The molecular weight excluding hydrogens is 446 g/mol. The molecule has 0 unspecified atom stereocenters. The average molecular weight is 478 g/mol. The zero-order chi connectivity index (χ0) is 22.8. The van der Waals surface area contributed by atoms with Gasteiger partial charge in [-0.15, -0.1) is 0 Å². The van der Waals surface area contributed by atoms with Crippen LogP contribution in [-0.2, 0) is 26.6 Å². The van der Waals surface area contributed by atoms with Gasteiger partial charge in [0.05, 0.1) is 9.79 Å². The Morgan fingerprint density at radius 3 is 1.94 bits per heavy atom. The molecule has 2 heterocycles. The first kappa shape index (κ1) is 23.4. The smallest absolute Gasteiger partial charge is 0.243 e. The molecule has 2 fully saturated rings. The number of hydrogen-bond acceptors (Lipinski definition) is 5. The molecule has 0 spiro atoms. The summed E-state index contributed by atoms with van der Waals surface area (Å²) < 4.78 is 55.3. The number of benzene rings is 2. The fourth-order valence-electron chi connectivity index (χ4n) is 4.47. The van der Waals surface area contributed by atoms with Crippen molar-refractivity contribution in [1.29, 1.82) is 0 Å². The van der Waals surface area contributed by atoms with E-state index in [4.69, 9.17) is 0 Å². The number of rotatable bonds is 6. The molecule has 7 nitrogen and oxygen atoms in total. The third kappa shape index (κ3) is 4.92. The van der Waals surface area contributed by atoms with Gasteiger partial charge in [0.1, 0.15) is 0 Å². The molecule has 2 aliphatic heterocycles. The van der Waals surface area contributed by atoms with Crippen LogP contribution in [0, 0.1) is 0 Å². The number of nitrogens with zero attached hydrogens (tertiary/aromatic N) is 3. The highest BCUT2D eigenvalue weighted by molar-refractivity contribution is 7.89. The highest BCUT2D eigenvalue weighted by Gasteiger charge is 2.32. The Hall–Kier alpha value is -1.78. The van der Waals surface area contributed by atoms with E-state index in [1.54, 1.807) is 0 Å². The Morgan fingerprint density at radius 2 is 1.34 bits per heavy atom. The van der Waals surface area contributed by atoms with E-state index in [1.807, 2.05) is 25.1 Å². The van der Waals surface area contributed by atoms with Crippen LogP contribution in [0.5, 0.6) is 0 Å². The van der Waals surface area contributed by atoms with Crippen LogP contribution >= 0.6 is 0 Å². The minimum Gasteiger partial charge on any atom is -0.296 e. The van der Waals surface area contributed by atoms with Crippen molar-refractivity contribution in [2.24, 2.45) is 0 Å². The standard InChI is InChI=1S/C23H31N3O4S2/c1-20-7-5-6-14-26(20)32(29,30)23-12-10-22(11-13-23)31(27,28)25-17-15-24(16-18-25)19-21-8-3-2-4-9-21/h2-4,8-13,20H,5-7,14-19H2,1H3/t20-/m0/s1. The summed E-state index contributed by atoms with van der Waals surface area (Å²) in [6, 6.07) is 15.8. The normalized spacial score (nSPS) is 22.1. The van der Waals surface area contributed by atoms with E-state index in [1.165, 1.54) is 38.4 Å². The first-order valence-corrected chi connectivity index (χ1v) is 14.0. The molecule has 2 aliphatic rings. The molecule has 2 aromatic carbocycles. The summed E-state index contributed by atoms with van der Waals surface area (Å²) in [6.45, 7) is 5.39. The van der Waals surface area contributed by atoms with Gasteiger partial charge in [-0.05, 0) is 49.6 Å². The summed E-state index contributed by atoms with van der Waals surface area (Å²) in [6.07, 6.45) is 2.73. The Morgan fingerprint density at radius 1 is 0.750 bits per heavy atom. The molecule has 0 radical (unpaired) electrons. The molecule has 2 aromatic rings. The van der Waals surface area contributed by atoms with Crippen LogP contribution in [0.4, 0.5) is 0 Å². The summed E-state index contributed by atoms with van der Waals surface area (Å²) >= 11 is 0. The Kier molecular flexibility index (Phi) is 7.02. The quantitative estimate of drug-likeness (QED) is 0.639. The number of sulfonamides is 2. The molecule has 174 valence electrons. The molecule has 1 atom stereocenters. The highest BCUT2D eigenvalue weighted by atomic mass is 32.2. The van der Waals surface area contributed by atoms with Gasteiger partial charge < -0.3 is 0 Å². The van der Waals surface area contributed by atoms with E-state index in [9.17, 15) is 16.8 Å². The van der Waals surface area contributed by atoms with E-state index in [2.05, 4.69) is 17.0 Å². The van der Waals surface area contributed by atoms with E-state index in [0.717, 1.165) is 25.8 Å². The van der Waals surface area contributed by atoms with Gasteiger partial charge in [0.2, 0.25) is 20.0 Å². The predicted molar refractivity (Wildman–Crippen MR) is 124 cm³/mol. The summed E-state index contributed by atoms with van der Waals surface area (Å²) in [4.78, 5) is 2.54. The zero-order valence-electron chi connectivity index (χ0n) is 18.4. The van der Waals surface area contributed by atoms with E-state index >= 15 is 0 Å². The van der Waals surface area contributed by atoms with Crippen molar-refractivity contribution in [3.8, 4) is 0 Å². The Bertz CT molecular complexity index is 1110. The molecule has 0 amide bonds. The van der Waals surface area contributed by atoms with Crippen LogP contribution in [0.25, 0.3) is 0 Å². The molecule has 0 N–H and O–H groups in total. The first-order chi connectivity index (χ1) is 15.3. The van der Waals surface area contributed by atoms with Crippen LogP contribution in [0.2, 0.25) is 0 Å². The minimum absolute atomic E-state index is 0.0376. The van der Waals surface area contributed by atoms with Gasteiger partial charge in [0.15, 0.2) is 0 Å². The van der Waals surface area contributed by atoms with Crippen LogP contribution in [0.3, 0.4) is 0 Å². The molecule has 2 saturated heterocycles. The van der Waals surface area contributed by atoms with E-state index in [0.29, 0.717) is 32.7 Å². The predicted octanol–water partition coefficient (Wildman–Crippen LogP) is 2.76. The van der Waals surface area contributed by atoms with Crippen molar-refractivity contribution >= 4 is 20.0 Å². The number of piperidine rings is 1. The van der Waals surface area contributed by atoms with Gasteiger partial charge in [0.25, 0.3) is 0 Å².